The van der Waals surface area contributed by atoms with Crippen LogP contribution in [-0.4, -0.2) is 46.6 Å². The van der Waals surface area contributed by atoms with Crippen LogP contribution in [0.3, 0.4) is 0 Å². The van der Waals surface area contributed by atoms with E-state index in [2.05, 4.69) is 0 Å². The molecule has 0 amide bonds. The zero-order valence-corrected chi connectivity index (χ0v) is 10.8. The summed E-state index contributed by atoms with van der Waals surface area (Å²) in [5, 5.41) is 17.1. The number of carbonyl (C=O) groups is 2. The van der Waals surface area contributed by atoms with Crippen molar-refractivity contribution in [3.63, 3.8) is 0 Å². The van der Waals surface area contributed by atoms with E-state index in [0.29, 0.717) is 6.92 Å². The molecule has 10 nitrogen and oxygen atoms in total. The summed E-state index contributed by atoms with van der Waals surface area (Å²) in [6, 6.07) is 0. The van der Waals surface area contributed by atoms with Gasteiger partial charge in [-0.25, -0.2) is 0 Å². The minimum absolute atomic E-state index is 0.452. The van der Waals surface area contributed by atoms with Gasteiger partial charge in [-0.05, 0) is 13.3 Å². The van der Waals surface area contributed by atoms with Crippen molar-refractivity contribution in [1.82, 2.24) is 0 Å². The largest absolute Gasteiger partial charge is 0.481 e. The SMILES string of the molecule is CC(CC(C(=O)O)C(=O)O)(P(=O)(O)O)P(=O)(O)O. The van der Waals surface area contributed by atoms with E-state index in [1.807, 2.05) is 0 Å². The number of hydrogen-bond donors (Lipinski definition) is 6. The van der Waals surface area contributed by atoms with Gasteiger partial charge in [0.1, 0.15) is 0 Å². The van der Waals surface area contributed by atoms with E-state index >= 15 is 0 Å². The molecular weight excluding hydrogens is 294 g/mol. The molecule has 0 aromatic carbocycles. The van der Waals surface area contributed by atoms with Gasteiger partial charge in [-0.15, -0.1) is 0 Å². The van der Waals surface area contributed by atoms with Gasteiger partial charge in [-0.2, -0.15) is 0 Å². The first-order chi connectivity index (χ1) is 7.74. The van der Waals surface area contributed by atoms with E-state index in [1.165, 1.54) is 0 Å². The van der Waals surface area contributed by atoms with Gasteiger partial charge in [0.05, 0.1) is 0 Å². The van der Waals surface area contributed by atoms with Crippen molar-refractivity contribution < 1.29 is 48.5 Å². The Hall–Kier alpha value is -0.760. The van der Waals surface area contributed by atoms with Crippen LogP contribution in [0.5, 0.6) is 0 Å². The summed E-state index contributed by atoms with van der Waals surface area (Å²) in [5.74, 6) is -6.23. The topological polar surface area (TPSA) is 190 Å². The lowest BCUT2D eigenvalue weighted by Crippen LogP contribution is -2.35. The molecule has 12 heteroatoms. The number of rotatable bonds is 6. The summed E-state index contributed by atoms with van der Waals surface area (Å²) >= 11 is 0. The lowest BCUT2D eigenvalue weighted by molar-refractivity contribution is -0.154. The highest BCUT2D eigenvalue weighted by Crippen LogP contribution is 2.71. The van der Waals surface area contributed by atoms with E-state index in [-0.39, 0.29) is 0 Å². The Morgan fingerprint density at radius 3 is 1.44 bits per heavy atom. The molecule has 0 unspecified atom stereocenters. The molecule has 0 bridgehead atoms. The Morgan fingerprint density at radius 1 is 1.00 bits per heavy atom. The zero-order valence-electron chi connectivity index (χ0n) is 9.00. The van der Waals surface area contributed by atoms with E-state index in [1.54, 1.807) is 0 Å². The Balaban J connectivity index is 5.68. The fourth-order valence-electron chi connectivity index (χ4n) is 1.07. The molecule has 0 aromatic heterocycles. The van der Waals surface area contributed by atoms with Gasteiger partial charge in [-0.1, -0.05) is 0 Å². The smallest absolute Gasteiger partial charge is 0.343 e. The number of aliphatic carboxylic acids is 2. The molecule has 0 saturated heterocycles. The molecule has 0 spiro atoms. The van der Waals surface area contributed by atoms with Crippen LogP contribution in [0.2, 0.25) is 0 Å². The zero-order chi connectivity index (χ0) is 14.9. The average Bonchev–Trinajstić information content (AvgIpc) is 2.08. The second kappa shape index (κ2) is 5.08. The Labute approximate surface area is 101 Å². The van der Waals surface area contributed by atoms with Crippen molar-refractivity contribution >= 4 is 27.1 Å². The van der Waals surface area contributed by atoms with Gasteiger partial charge < -0.3 is 29.8 Å². The van der Waals surface area contributed by atoms with Crippen molar-refractivity contribution in [2.75, 3.05) is 0 Å². The number of carboxylic acids is 2. The van der Waals surface area contributed by atoms with Gasteiger partial charge in [-0.3, -0.25) is 18.7 Å². The van der Waals surface area contributed by atoms with E-state index in [4.69, 9.17) is 29.8 Å². The van der Waals surface area contributed by atoms with E-state index in [9.17, 15) is 18.7 Å². The maximum Gasteiger partial charge on any atom is 0.343 e. The second-order valence-electron chi connectivity index (χ2n) is 3.74. The van der Waals surface area contributed by atoms with E-state index in [0.717, 1.165) is 0 Å². The van der Waals surface area contributed by atoms with Gasteiger partial charge in [0, 0.05) is 0 Å². The third-order valence-corrected chi connectivity index (χ3v) is 6.88. The van der Waals surface area contributed by atoms with Crippen LogP contribution in [-0.2, 0) is 18.7 Å². The fraction of sp³-hybridized carbons (Fsp3) is 0.667. The van der Waals surface area contributed by atoms with Crippen molar-refractivity contribution in [1.29, 1.82) is 0 Å². The normalized spacial score (nSPS) is 13.7. The summed E-state index contributed by atoms with van der Waals surface area (Å²) in [6.45, 7) is 0.452. The predicted molar refractivity (Wildman–Crippen MR) is 55.9 cm³/mol. The predicted octanol–water partition coefficient (Wildman–Crippen LogP) is -0.767. The lowest BCUT2D eigenvalue weighted by Gasteiger charge is -2.31. The van der Waals surface area contributed by atoms with Crippen molar-refractivity contribution in [3.8, 4) is 0 Å². The second-order valence-corrected chi connectivity index (χ2v) is 8.24. The Morgan fingerprint density at radius 2 is 1.28 bits per heavy atom. The van der Waals surface area contributed by atoms with Crippen molar-refractivity contribution in [2.45, 2.75) is 18.2 Å². The quantitative estimate of drug-likeness (QED) is 0.268. The maximum atomic E-state index is 11.1. The van der Waals surface area contributed by atoms with Gasteiger partial charge in [0.15, 0.2) is 10.8 Å². The van der Waals surface area contributed by atoms with Crippen LogP contribution in [0.1, 0.15) is 13.3 Å². The Kier molecular flexibility index (Phi) is 4.87. The highest BCUT2D eigenvalue weighted by molar-refractivity contribution is 7.72. The average molecular weight is 306 g/mol. The standard InChI is InChI=1S/C6H12O10P2/c1-6(17(11,12)13,18(14,15)16)2-3(4(7)8)5(9)10/h3H,2H2,1H3,(H,7,8)(H,9,10)(H2,11,12,13)(H2,14,15,16). The molecule has 0 aliphatic rings. The van der Waals surface area contributed by atoms with Crippen molar-refractivity contribution in [3.05, 3.63) is 0 Å². The molecule has 18 heavy (non-hydrogen) atoms. The first-order valence-corrected chi connectivity index (χ1v) is 7.53. The van der Waals surface area contributed by atoms with Crippen LogP contribution in [0, 0.1) is 5.92 Å². The Bertz CT molecular complexity index is 407. The molecule has 0 fully saturated rings. The third kappa shape index (κ3) is 3.38. The molecule has 0 aromatic rings. The monoisotopic (exact) mass is 306 g/mol. The third-order valence-electron chi connectivity index (χ3n) is 2.44. The summed E-state index contributed by atoms with van der Waals surface area (Å²) < 4.78 is 22.2. The summed E-state index contributed by atoms with van der Waals surface area (Å²) in [4.78, 5) is 53.8. The molecule has 0 aliphatic heterocycles. The number of hydrogen-bond acceptors (Lipinski definition) is 4. The molecule has 6 N–H and O–H groups in total. The highest BCUT2D eigenvalue weighted by atomic mass is 31.2. The molecule has 0 rings (SSSR count). The lowest BCUT2D eigenvalue weighted by atomic mass is 10.0. The molecule has 0 aliphatic carbocycles. The van der Waals surface area contributed by atoms with E-state index < -0.39 is 44.4 Å². The molecule has 0 heterocycles. The molecule has 0 radical (unpaired) electrons. The minimum atomic E-state index is -5.43. The van der Waals surface area contributed by atoms with Gasteiger partial charge in [0.2, 0.25) is 0 Å². The molecule has 0 atom stereocenters. The summed E-state index contributed by atoms with van der Waals surface area (Å²) in [5.41, 5.74) is 0. The minimum Gasteiger partial charge on any atom is -0.481 e. The van der Waals surface area contributed by atoms with Crippen LogP contribution in [0.4, 0.5) is 0 Å². The van der Waals surface area contributed by atoms with Crippen LogP contribution < -0.4 is 0 Å². The number of carboxylic acid groups (broad SMARTS) is 2. The van der Waals surface area contributed by atoms with Gasteiger partial charge in [0.25, 0.3) is 0 Å². The van der Waals surface area contributed by atoms with Crippen LogP contribution in [0.25, 0.3) is 0 Å². The highest BCUT2D eigenvalue weighted by Gasteiger charge is 2.58. The summed E-state index contributed by atoms with van der Waals surface area (Å²) in [6.07, 6.45) is -1.40. The molecule has 106 valence electrons. The first-order valence-electron chi connectivity index (χ1n) is 4.31. The molecular formula is C6H12O10P2. The van der Waals surface area contributed by atoms with Crippen LogP contribution in [0.15, 0.2) is 0 Å². The first kappa shape index (κ1) is 17.2. The van der Waals surface area contributed by atoms with Gasteiger partial charge >= 0.3 is 27.1 Å². The van der Waals surface area contributed by atoms with Crippen LogP contribution >= 0.6 is 15.2 Å². The van der Waals surface area contributed by atoms with Crippen molar-refractivity contribution in [2.24, 2.45) is 5.92 Å². The molecule has 0 saturated carbocycles. The fourth-order valence-corrected chi connectivity index (χ4v) is 3.27. The maximum absolute atomic E-state index is 11.1. The summed E-state index contributed by atoms with van der Waals surface area (Å²) in [7, 11) is -10.9.